The van der Waals surface area contributed by atoms with Crippen molar-refractivity contribution in [3.05, 3.63) is 53.6 Å². The molecule has 0 saturated carbocycles. The van der Waals surface area contributed by atoms with Crippen LogP contribution in [-0.4, -0.2) is 34.7 Å². The maximum Gasteiger partial charge on any atom is 0.203 e. The third kappa shape index (κ3) is 3.39. The molecule has 0 bridgehead atoms. The highest BCUT2D eigenvalue weighted by Gasteiger charge is 2.19. The van der Waals surface area contributed by atoms with Crippen LogP contribution in [0.3, 0.4) is 0 Å². The molecule has 0 saturated heterocycles. The topological polar surface area (TPSA) is 77.6 Å². The molecule has 0 atom stereocenters. The lowest BCUT2D eigenvalue weighted by molar-refractivity contribution is 0.323. The van der Waals surface area contributed by atoms with Crippen LogP contribution in [0.5, 0.6) is 17.2 Å². The van der Waals surface area contributed by atoms with Gasteiger partial charge in [-0.1, -0.05) is 12.1 Å². The summed E-state index contributed by atoms with van der Waals surface area (Å²) in [6.45, 7) is 0. The first-order chi connectivity index (χ1) is 12.5. The van der Waals surface area contributed by atoms with Gasteiger partial charge in [0, 0.05) is 29.3 Å². The Morgan fingerprint density at radius 1 is 0.923 bits per heavy atom. The van der Waals surface area contributed by atoms with Crippen molar-refractivity contribution in [3.8, 4) is 17.2 Å². The molecule has 0 aliphatic carbocycles. The van der Waals surface area contributed by atoms with Crippen molar-refractivity contribution in [2.24, 2.45) is 0 Å². The molecule has 136 valence electrons. The highest BCUT2D eigenvalue weighted by Crippen LogP contribution is 2.39. The van der Waals surface area contributed by atoms with Gasteiger partial charge in [0.2, 0.25) is 5.75 Å². The van der Waals surface area contributed by atoms with Gasteiger partial charge in [-0.2, -0.15) is 0 Å². The molecule has 3 aromatic rings. The lowest BCUT2D eigenvalue weighted by atomic mass is 10.2. The summed E-state index contributed by atoms with van der Waals surface area (Å²) in [6.07, 6.45) is 3.39. The molecule has 1 aromatic heterocycles. The van der Waals surface area contributed by atoms with Gasteiger partial charge in [-0.25, -0.2) is 8.42 Å². The molecule has 2 aromatic carbocycles. The van der Waals surface area contributed by atoms with Crippen molar-refractivity contribution in [1.82, 2.24) is 4.98 Å². The molecule has 0 aliphatic heterocycles. The van der Waals surface area contributed by atoms with Crippen molar-refractivity contribution in [2.75, 3.05) is 21.3 Å². The highest BCUT2D eigenvalue weighted by molar-refractivity contribution is 7.94. The summed E-state index contributed by atoms with van der Waals surface area (Å²) in [7, 11) is 0.648. The Hall–Kier alpha value is -2.93. The fourth-order valence-corrected chi connectivity index (χ4v) is 3.67. The lowest BCUT2D eigenvalue weighted by Gasteiger charge is -2.13. The summed E-state index contributed by atoms with van der Waals surface area (Å²) in [5, 5.41) is 2.23. The van der Waals surface area contributed by atoms with Gasteiger partial charge in [-0.15, -0.1) is 0 Å². The van der Waals surface area contributed by atoms with Gasteiger partial charge >= 0.3 is 0 Å². The fraction of sp³-hybridized carbons (Fsp3) is 0.158. The minimum Gasteiger partial charge on any atom is -0.493 e. The van der Waals surface area contributed by atoms with Gasteiger partial charge in [0.05, 0.1) is 26.2 Å². The average Bonchev–Trinajstić information content (AvgIpc) is 3.12. The number of sulfone groups is 1. The maximum atomic E-state index is 12.7. The minimum absolute atomic E-state index is 0.0594. The summed E-state index contributed by atoms with van der Waals surface area (Å²) in [5.74, 6) is 0.911. The second-order valence-corrected chi connectivity index (χ2v) is 7.37. The van der Waals surface area contributed by atoms with E-state index in [2.05, 4.69) is 4.98 Å². The van der Waals surface area contributed by atoms with Crippen LogP contribution in [0.25, 0.3) is 17.0 Å². The third-order valence-corrected chi connectivity index (χ3v) is 5.37. The van der Waals surface area contributed by atoms with Crippen LogP contribution in [0.4, 0.5) is 0 Å². The van der Waals surface area contributed by atoms with E-state index < -0.39 is 9.84 Å². The van der Waals surface area contributed by atoms with Gasteiger partial charge in [-0.3, -0.25) is 0 Å². The smallest absolute Gasteiger partial charge is 0.203 e. The Morgan fingerprint density at radius 3 is 2.23 bits per heavy atom. The van der Waals surface area contributed by atoms with E-state index in [4.69, 9.17) is 14.2 Å². The van der Waals surface area contributed by atoms with Gasteiger partial charge in [0.15, 0.2) is 21.3 Å². The van der Waals surface area contributed by atoms with Crippen molar-refractivity contribution in [1.29, 1.82) is 0 Å². The first-order valence-electron chi connectivity index (χ1n) is 7.79. The second-order valence-electron chi connectivity index (χ2n) is 5.53. The van der Waals surface area contributed by atoms with Crippen LogP contribution in [0.2, 0.25) is 0 Å². The first kappa shape index (κ1) is 17.9. The summed E-state index contributed by atoms with van der Waals surface area (Å²) >= 11 is 0. The van der Waals surface area contributed by atoms with Gasteiger partial charge in [-0.05, 0) is 29.2 Å². The summed E-state index contributed by atoms with van der Waals surface area (Å²) in [5.41, 5.74) is 1.72. The largest absolute Gasteiger partial charge is 0.493 e. The molecule has 26 heavy (non-hydrogen) atoms. The number of rotatable bonds is 6. The first-order valence-corrected chi connectivity index (χ1v) is 9.33. The van der Waals surface area contributed by atoms with Gasteiger partial charge < -0.3 is 19.2 Å². The molecule has 0 amide bonds. The number of hydrogen-bond donors (Lipinski definition) is 1. The SMILES string of the molecule is COc1cc(S(=O)(=O)C=Cc2ccc3cc[nH]c3c2)cc(OC)c1OC. The minimum atomic E-state index is -3.69. The van der Waals surface area contributed by atoms with Crippen LogP contribution in [0.1, 0.15) is 5.56 Å². The van der Waals surface area contributed by atoms with E-state index in [0.29, 0.717) is 5.75 Å². The zero-order chi connectivity index (χ0) is 18.7. The highest BCUT2D eigenvalue weighted by atomic mass is 32.2. The van der Waals surface area contributed by atoms with E-state index in [0.717, 1.165) is 21.9 Å². The Morgan fingerprint density at radius 2 is 1.62 bits per heavy atom. The average molecular weight is 373 g/mol. The Kier molecular flexibility index (Phi) is 4.90. The maximum absolute atomic E-state index is 12.7. The van der Waals surface area contributed by atoms with E-state index >= 15 is 0 Å². The van der Waals surface area contributed by atoms with E-state index in [1.807, 2.05) is 30.5 Å². The quantitative estimate of drug-likeness (QED) is 0.714. The van der Waals surface area contributed by atoms with Crippen LogP contribution < -0.4 is 14.2 Å². The number of aromatic amines is 1. The molecule has 0 spiro atoms. The number of H-pyrrole nitrogens is 1. The molecule has 7 heteroatoms. The monoisotopic (exact) mass is 373 g/mol. The van der Waals surface area contributed by atoms with E-state index in [1.54, 1.807) is 6.08 Å². The van der Waals surface area contributed by atoms with Crippen LogP contribution in [0.15, 0.2) is 52.9 Å². The summed E-state index contributed by atoms with van der Waals surface area (Å²) < 4.78 is 41.1. The molecule has 0 aliphatic rings. The van der Waals surface area contributed by atoms with Crippen molar-refractivity contribution >= 4 is 26.8 Å². The molecule has 1 heterocycles. The van der Waals surface area contributed by atoms with E-state index in [-0.39, 0.29) is 16.4 Å². The molecular weight excluding hydrogens is 354 g/mol. The van der Waals surface area contributed by atoms with E-state index in [9.17, 15) is 8.42 Å². The Labute approximate surface area is 151 Å². The summed E-state index contributed by atoms with van der Waals surface area (Å²) in [4.78, 5) is 3.16. The van der Waals surface area contributed by atoms with Crippen LogP contribution >= 0.6 is 0 Å². The Balaban J connectivity index is 1.99. The molecule has 0 unspecified atom stereocenters. The second kappa shape index (κ2) is 7.13. The van der Waals surface area contributed by atoms with Crippen molar-refractivity contribution in [3.63, 3.8) is 0 Å². The fourth-order valence-electron chi connectivity index (χ4n) is 2.64. The predicted octanol–water partition coefficient (Wildman–Crippen LogP) is 3.64. The molecule has 1 N–H and O–H groups in total. The number of hydrogen-bond acceptors (Lipinski definition) is 5. The molecule has 0 fully saturated rings. The van der Waals surface area contributed by atoms with Crippen LogP contribution in [-0.2, 0) is 9.84 Å². The number of nitrogens with one attached hydrogen (secondary N) is 1. The van der Waals surface area contributed by atoms with Gasteiger partial charge in [0.1, 0.15) is 0 Å². The van der Waals surface area contributed by atoms with Crippen molar-refractivity contribution < 1.29 is 22.6 Å². The van der Waals surface area contributed by atoms with E-state index in [1.165, 1.54) is 33.5 Å². The normalized spacial score (nSPS) is 11.8. The van der Waals surface area contributed by atoms with Gasteiger partial charge in [0.25, 0.3) is 0 Å². The number of methoxy groups -OCH3 is 3. The number of ether oxygens (including phenoxy) is 3. The molecule has 0 radical (unpaired) electrons. The Bertz CT molecular complexity index is 1040. The van der Waals surface area contributed by atoms with Crippen molar-refractivity contribution in [2.45, 2.75) is 4.90 Å². The number of benzene rings is 2. The zero-order valence-corrected chi connectivity index (χ0v) is 15.5. The predicted molar refractivity (Wildman–Crippen MR) is 101 cm³/mol. The standard InChI is InChI=1S/C19H19NO5S/c1-23-17-11-15(12-18(24-2)19(17)25-3)26(21,22)9-7-13-4-5-14-6-8-20-16(14)10-13/h4-12,20H,1-3H3. The molecular formula is C19H19NO5S. The molecule has 6 nitrogen and oxygen atoms in total. The summed E-state index contributed by atoms with van der Waals surface area (Å²) in [6, 6.07) is 10.4. The zero-order valence-electron chi connectivity index (χ0n) is 14.6. The molecule has 3 rings (SSSR count). The van der Waals surface area contributed by atoms with Crippen LogP contribution in [0, 0.1) is 0 Å². The number of aromatic nitrogens is 1. The third-order valence-electron chi connectivity index (χ3n) is 3.99. The number of fused-ring (bicyclic) bond motifs is 1. The lowest BCUT2D eigenvalue weighted by Crippen LogP contribution is -2.01.